The summed E-state index contributed by atoms with van der Waals surface area (Å²) in [6, 6.07) is 19.1. The Bertz CT molecular complexity index is 1380. The number of hydrogen-bond donors (Lipinski definition) is 1. The summed E-state index contributed by atoms with van der Waals surface area (Å²) in [6.45, 7) is 2.25. The summed E-state index contributed by atoms with van der Waals surface area (Å²) in [5, 5.41) is 3.01. The monoisotopic (exact) mass is 552 g/mol. The van der Waals surface area contributed by atoms with Crippen molar-refractivity contribution in [1.29, 1.82) is 0 Å². The molecule has 0 saturated carbocycles. The van der Waals surface area contributed by atoms with Crippen molar-refractivity contribution in [2.24, 2.45) is 0 Å². The molecular formula is C28H25ClN2O6S. The van der Waals surface area contributed by atoms with E-state index in [1.807, 2.05) is 13.0 Å². The van der Waals surface area contributed by atoms with Crippen LogP contribution >= 0.6 is 23.4 Å². The van der Waals surface area contributed by atoms with Crippen molar-refractivity contribution >= 4 is 52.2 Å². The van der Waals surface area contributed by atoms with Gasteiger partial charge in [0.05, 0.1) is 30.9 Å². The van der Waals surface area contributed by atoms with Gasteiger partial charge < -0.3 is 19.5 Å². The second-order valence-electron chi connectivity index (χ2n) is 8.07. The van der Waals surface area contributed by atoms with Gasteiger partial charge in [-0.25, -0.2) is 0 Å². The molecule has 0 unspecified atom stereocenters. The average molecular weight is 553 g/mol. The molecule has 1 aliphatic rings. The van der Waals surface area contributed by atoms with Gasteiger partial charge in [0.2, 0.25) is 0 Å². The minimum Gasteiger partial charge on any atom is -0.493 e. The number of nitrogens with one attached hydrogen (secondary N) is 1. The van der Waals surface area contributed by atoms with E-state index in [1.54, 1.807) is 66.7 Å². The molecule has 0 radical (unpaired) electrons. The number of imide groups is 1. The first-order valence-corrected chi connectivity index (χ1v) is 12.9. The van der Waals surface area contributed by atoms with Crippen molar-refractivity contribution in [2.45, 2.75) is 13.5 Å². The zero-order chi connectivity index (χ0) is 27.1. The number of ether oxygens (including phenoxy) is 3. The van der Waals surface area contributed by atoms with Crippen LogP contribution < -0.4 is 19.5 Å². The molecule has 1 aliphatic heterocycles. The van der Waals surface area contributed by atoms with E-state index in [1.165, 1.54) is 12.0 Å². The molecule has 1 N–H and O–H groups in total. The number of anilines is 1. The topological polar surface area (TPSA) is 94.2 Å². The van der Waals surface area contributed by atoms with Gasteiger partial charge in [-0.1, -0.05) is 41.9 Å². The summed E-state index contributed by atoms with van der Waals surface area (Å²) < 4.78 is 16.6. The van der Waals surface area contributed by atoms with Crippen LogP contribution in [0.4, 0.5) is 10.5 Å². The Morgan fingerprint density at radius 2 is 1.76 bits per heavy atom. The van der Waals surface area contributed by atoms with Crippen LogP contribution in [0.3, 0.4) is 0 Å². The molecule has 0 atom stereocenters. The van der Waals surface area contributed by atoms with Gasteiger partial charge in [-0.2, -0.15) is 0 Å². The van der Waals surface area contributed by atoms with Gasteiger partial charge in [0.1, 0.15) is 5.75 Å². The first kappa shape index (κ1) is 27.1. The molecule has 3 aromatic carbocycles. The number of halogens is 1. The number of carbonyl (C=O) groups excluding carboxylic acids is 3. The lowest BCUT2D eigenvalue weighted by Gasteiger charge is -2.13. The number of hydrogen-bond acceptors (Lipinski definition) is 7. The van der Waals surface area contributed by atoms with Gasteiger partial charge >= 0.3 is 0 Å². The largest absolute Gasteiger partial charge is 0.493 e. The molecule has 38 heavy (non-hydrogen) atoms. The summed E-state index contributed by atoms with van der Waals surface area (Å²) in [7, 11) is 1.48. The first-order chi connectivity index (χ1) is 18.4. The van der Waals surface area contributed by atoms with E-state index >= 15 is 0 Å². The van der Waals surface area contributed by atoms with Gasteiger partial charge in [-0.15, -0.1) is 0 Å². The third kappa shape index (κ3) is 6.67. The molecule has 0 spiro atoms. The Kier molecular flexibility index (Phi) is 8.93. The van der Waals surface area contributed by atoms with E-state index in [0.717, 1.165) is 17.3 Å². The van der Waals surface area contributed by atoms with Crippen LogP contribution in [0.2, 0.25) is 5.02 Å². The van der Waals surface area contributed by atoms with Crippen molar-refractivity contribution in [3.63, 3.8) is 0 Å². The van der Waals surface area contributed by atoms with Crippen LogP contribution in [0.25, 0.3) is 6.08 Å². The molecule has 196 valence electrons. The summed E-state index contributed by atoms with van der Waals surface area (Å²) >= 11 is 6.79. The quantitative estimate of drug-likeness (QED) is 0.308. The standard InChI is InChI=1S/C28H25ClN2O6S/c1-3-36-22-7-5-4-6-21(22)30-26(32)17-37-23-13-10-19(14-24(23)35-2)15-25-27(33)31(28(34)38-25)16-18-8-11-20(29)12-9-18/h4-15H,3,16-17H2,1-2H3,(H,30,32)/b25-15+. The molecule has 0 aliphatic carbocycles. The van der Waals surface area contributed by atoms with Crippen LogP contribution in [-0.4, -0.2) is 42.3 Å². The number of carbonyl (C=O) groups is 3. The van der Waals surface area contributed by atoms with E-state index in [9.17, 15) is 14.4 Å². The van der Waals surface area contributed by atoms with Crippen molar-refractivity contribution in [2.75, 3.05) is 25.6 Å². The Morgan fingerprint density at radius 3 is 2.50 bits per heavy atom. The molecule has 8 nitrogen and oxygen atoms in total. The van der Waals surface area contributed by atoms with Crippen LogP contribution in [0, 0.1) is 0 Å². The van der Waals surface area contributed by atoms with Crippen molar-refractivity contribution < 1.29 is 28.6 Å². The fraction of sp³-hybridized carbons (Fsp3) is 0.179. The Hall–Kier alpha value is -3.95. The smallest absolute Gasteiger partial charge is 0.293 e. The number of rotatable bonds is 10. The highest BCUT2D eigenvalue weighted by atomic mass is 35.5. The number of amides is 3. The lowest BCUT2D eigenvalue weighted by atomic mass is 10.1. The Labute approximate surface area is 229 Å². The Balaban J connectivity index is 1.41. The maximum atomic E-state index is 12.9. The van der Waals surface area contributed by atoms with Crippen LogP contribution in [-0.2, 0) is 16.1 Å². The van der Waals surface area contributed by atoms with Gasteiger partial charge in [0.25, 0.3) is 17.1 Å². The minimum atomic E-state index is -0.377. The molecule has 10 heteroatoms. The van der Waals surface area contributed by atoms with Gasteiger partial charge in [0, 0.05) is 5.02 Å². The van der Waals surface area contributed by atoms with Crippen LogP contribution in [0.1, 0.15) is 18.1 Å². The van der Waals surface area contributed by atoms with E-state index in [-0.39, 0.29) is 30.2 Å². The highest BCUT2D eigenvalue weighted by Gasteiger charge is 2.35. The summed E-state index contributed by atoms with van der Waals surface area (Å²) in [6.07, 6.45) is 1.62. The fourth-order valence-corrected chi connectivity index (χ4v) is 4.60. The third-order valence-electron chi connectivity index (χ3n) is 5.43. The number of para-hydroxylation sites is 2. The van der Waals surface area contributed by atoms with Crippen molar-refractivity contribution in [3.8, 4) is 17.2 Å². The van der Waals surface area contributed by atoms with Gasteiger partial charge in [-0.3, -0.25) is 19.3 Å². The SMILES string of the molecule is CCOc1ccccc1NC(=O)COc1ccc(/C=C2/SC(=O)N(Cc3ccc(Cl)cc3)C2=O)cc1OC. The second-order valence-corrected chi connectivity index (χ2v) is 9.50. The second kappa shape index (κ2) is 12.5. The minimum absolute atomic E-state index is 0.159. The van der Waals surface area contributed by atoms with E-state index in [4.69, 9.17) is 25.8 Å². The maximum absolute atomic E-state index is 12.9. The third-order valence-corrected chi connectivity index (χ3v) is 6.59. The number of methoxy groups -OCH3 is 1. The number of nitrogens with zero attached hydrogens (tertiary/aromatic N) is 1. The molecule has 0 bridgehead atoms. The molecule has 0 aromatic heterocycles. The molecule has 1 heterocycles. The van der Waals surface area contributed by atoms with E-state index in [0.29, 0.717) is 45.0 Å². The van der Waals surface area contributed by atoms with Crippen molar-refractivity contribution in [1.82, 2.24) is 4.90 Å². The van der Waals surface area contributed by atoms with E-state index in [2.05, 4.69) is 5.32 Å². The highest BCUT2D eigenvalue weighted by Crippen LogP contribution is 2.35. The first-order valence-electron chi connectivity index (χ1n) is 11.7. The summed E-state index contributed by atoms with van der Waals surface area (Å²) in [5.74, 6) is 0.564. The zero-order valence-electron chi connectivity index (χ0n) is 20.7. The molecule has 3 aromatic rings. The maximum Gasteiger partial charge on any atom is 0.293 e. The van der Waals surface area contributed by atoms with E-state index < -0.39 is 0 Å². The van der Waals surface area contributed by atoms with Gasteiger partial charge in [-0.05, 0) is 72.3 Å². The van der Waals surface area contributed by atoms with Crippen LogP contribution in [0.5, 0.6) is 17.2 Å². The Morgan fingerprint density at radius 1 is 1.00 bits per heavy atom. The predicted molar refractivity (Wildman–Crippen MR) is 148 cm³/mol. The van der Waals surface area contributed by atoms with Crippen molar-refractivity contribution in [3.05, 3.63) is 87.8 Å². The lowest BCUT2D eigenvalue weighted by molar-refractivity contribution is -0.123. The molecule has 3 amide bonds. The average Bonchev–Trinajstić information content (AvgIpc) is 3.17. The lowest BCUT2D eigenvalue weighted by Crippen LogP contribution is -2.27. The molecule has 1 saturated heterocycles. The predicted octanol–water partition coefficient (Wildman–Crippen LogP) is 6.00. The normalized spacial score (nSPS) is 14.1. The summed E-state index contributed by atoms with van der Waals surface area (Å²) in [5.41, 5.74) is 1.99. The molecule has 4 rings (SSSR count). The molecular weight excluding hydrogens is 528 g/mol. The number of thioether (sulfide) groups is 1. The van der Waals surface area contributed by atoms with Crippen LogP contribution in [0.15, 0.2) is 71.6 Å². The summed E-state index contributed by atoms with van der Waals surface area (Å²) in [4.78, 5) is 39.3. The van der Waals surface area contributed by atoms with Gasteiger partial charge in [0.15, 0.2) is 18.1 Å². The fourth-order valence-electron chi connectivity index (χ4n) is 3.63. The molecule has 1 fully saturated rings. The number of benzene rings is 3. The zero-order valence-corrected chi connectivity index (χ0v) is 22.3. The highest BCUT2D eigenvalue weighted by molar-refractivity contribution is 8.18.